The molecule has 0 radical (unpaired) electrons. The molecule has 1 unspecified atom stereocenters. The number of likely N-dealkylation sites (N-methyl/N-ethyl adjacent to an activating group) is 1. The Kier molecular flexibility index (Phi) is 4.74. The lowest BCUT2D eigenvalue weighted by atomic mass is 10.0. The predicted octanol–water partition coefficient (Wildman–Crippen LogP) is 2.55. The minimum Gasteiger partial charge on any atom is -0.494 e. The molecule has 0 aliphatic carbocycles. The lowest BCUT2D eigenvalue weighted by Gasteiger charge is -2.16. The van der Waals surface area contributed by atoms with Crippen LogP contribution in [0.15, 0.2) is 30.6 Å². The van der Waals surface area contributed by atoms with Crippen LogP contribution in [0.4, 0.5) is 4.39 Å². The number of nitrogens with one attached hydrogen (secondary N) is 1. The summed E-state index contributed by atoms with van der Waals surface area (Å²) in [5, 5.41) is 7.47. The Balaban J connectivity index is 2.17. The molecular formula is C15H20FN3O. The van der Waals surface area contributed by atoms with E-state index in [0.29, 0.717) is 0 Å². The maximum Gasteiger partial charge on any atom is 0.165 e. The molecule has 1 aromatic heterocycles. The Morgan fingerprint density at radius 2 is 2.25 bits per heavy atom. The van der Waals surface area contributed by atoms with Crippen molar-refractivity contribution in [1.82, 2.24) is 15.1 Å². The summed E-state index contributed by atoms with van der Waals surface area (Å²) < 4.78 is 20.6. The molecule has 1 heterocycles. The van der Waals surface area contributed by atoms with E-state index in [9.17, 15) is 4.39 Å². The van der Waals surface area contributed by atoms with Gasteiger partial charge in [0, 0.05) is 18.8 Å². The molecule has 1 atom stereocenters. The van der Waals surface area contributed by atoms with E-state index >= 15 is 0 Å². The second kappa shape index (κ2) is 6.52. The quantitative estimate of drug-likeness (QED) is 0.882. The van der Waals surface area contributed by atoms with Crippen LogP contribution in [0.25, 0.3) is 0 Å². The van der Waals surface area contributed by atoms with Gasteiger partial charge in [0.05, 0.1) is 13.3 Å². The van der Waals surface area contributed by atoms with Gasteiger partial charge in [0.2, 0.25) is 0 Å². The van der Waals surface area contributed by atoms with Gasteiger partial charge in [0.1, 0.15) is 0 Å². The molecule has 5 heteroatoms. The number of aryl methyl sites for hydroxylation is 1. The van der Waals surface area contributed by atoms with Crippen LogP contribution in [0.3, 0.4) is 0 Å². The SMILES string of the molecule is CCn1cc(CC(NC)c2ccc(OC)c(F)c2)cn1. The van der Waals surface area contributed by atoms with Gasteiger partial charge in [-0.15, -0.1) is 0 Å². The van der Waals surface area contributed by atoms with Gasteiger partial charge in [0.15, 0.2) is 11.6 Å². The fourth-order valence-electron chi connectivity index (χ4n) is 2.21. The summed E-state index contributed by atoms with van der Waals surface area (Å²) in [6.07, 6.45) is 4.64. The molecular weight excluding hydrogens is 257 g/mol. The van der Waals surface area contributed by atoms with Crippen molar-refractivity contribution in [2.24, 2.45) is 0 Å². The normalized spacial score (nSPS) is 12.4. The van der Waals surface area contributed by atoms with Crippen LogP contribution in [0.1, 0.15) is 24.1 Å². The maximum atomic E-state index is 13.8. The standard InChI is InChI=1S/C15H20FN3O/c1-4-19-10-11(9-18-19)7-14(17-2)12-5-6-15(20-3)13(16)8-12/h5-6,8-10,14,17H,4,7H2,1-3H3. The van der Waals surface area contributed by atoms with Gasteiger partial charge in [-0.05, 0) is 43.7 Å². The first-order chi connectivity index (χ1) is 9.67. The van der Waals surface area contributed by atoms with Gasteiger partial charge in [-0.1, -0.05) is 6.07 Å². The number of halogens is 1. The van der Waals surface area contributed by atoms with E-state index < -0.39 is 0 Å². The Hall–Kier alpha value is -1.88. The third kappa shape index (κ3) is 3.17. The second-order valence-electron chi connectivity index (χ2n) is 4.64. The molecule has 0 aliphatic heterocycles. The van der Waals surface area contributed by atoms with E-state index in [2.05, 4.69) is 10.4 Å². The van der Waals surface area contributed by atoms with Crippen molar-refractivity contribution in [2.75, 3.05) is 14.2 Å². The number of nitrogens with zero attached hydrogens (tertiary/aromatic N) is 2. The summed E-state index contributed by atoms with van der Waals surface area (Å²) in [5.74, 6) is -0.0723. The van der Waals surface area contributed by atoms with E-state index in [1.807, 2.05) is 37.1 Å². The molecule has 4 nitrogen and oxygen atoms in total. The Morgan fingerprint density at radius 3 is 2.80 bits per heavy atom. The van der Waals surface area contributed by atoms with E-state index in [-0.39, 0.29) is 17.6 Å². The van der Waals surface area contributed by atoms with Crippen molar-refractivity contribution in [3.05, 3.63) is 47.5 Å². The van der Waals surface area contributed by atoms with Crippen molar-refractivity contribution in [1.29, 1.82) is 0 Å². The predicted molar refractivity (Wildman–Crippen MR) is 76.4 cm³/mol. The second-order valence-corrected chi connectivity index (χ2v) is 4.64. The number of benzene rings is 1. The topological polar surface area (TPSA) is 39.1 Å². The van der Waals surface area contributed by atoms with E-state index in [1.165, 1.54) is 13.2 Å². The molecule has 2 rings (SSSR count). The fraction of sp³-hybridized carbons (Fsp3) is 0.400. The molecule has 20 heavy (non-hydrogen) atoms. The van der Waals surface area contributed by atoms with Crippen LogP contribution < -0.4 is 10.1 Å². The van der Waals surface area contributed by atoms with Crippen LogP contribution in [0, 0.1) is 5.82 Å². The molecule has 0 amide bonds. The highest BCUT2D eigenvalue weighted by Gasteiger charge is 2.14. The molecule has 0 fully saturated rings. The lowest BCUT2D eigenvalue weighted by Crippen LogP contribution is -2.18. The van der Waals surface area contributed by atoms with E-state index in [4.69, 9.17) is 4.74 Å². The van der Waals surface area contributed by atoms with Crippen LogP contribution in [0.5, 0.6) is 5.75 Å². The zero-order chi connectivity index (χ0) is 14.5. The van der Waals surface area contributed by atoms with Crippen LogP contribution in [0.2, 0.25) is 0 Å². The number of methoxy groups -OCH3 is 1. The number of hydrogen-bond donors (Lipinski definition) is 1. The minimum atomic E-state index is -0.338. The summed E-state index contributed by atoms with van der Waals surface area (Å²) in [6.45, 7) is 2.90. The average molecular weight is 277 g/mol. The summed E-state index contributed by atoms with van der Waals surface area (Å²) in [4.78, 5) is 0. The largest absolute Gasteiger partial charge is 0.494 e. The smallest absolute Gasteiger partial charge is 0.165 e. The number of aromatic nitrogens is 2. The third-order valence-electron chi connectivity index (χ3n) is 3.38. The average Bonchev–Trinajstić information content (AvgIpc) is 2.92. The van der Waals surface area contributed by atoms with Crippen molar-refractivity contribution in [3.8, 4) is 5.75 Å². The highest BCUT2D eigenvalue weighted by Crippen LogP contribution is 2.24. The molecule has 0 spiro atoms. The van der Waals surface area contributed by atoms with Gasteiger partial charge in [-0.25, -0.2) is 4.39 Å². The van der Waals surface area contributed by atoms with Gasteiger partial charge >= 0.3 is 0 Å². The zero-order valence-electron chi connectivity index (χ0n) is 12.1. The molecule has 0 saturated heterocycles. The van der Waals surface area contributed by atoms with Gasteiger partial charge in [-0.3, -0.25) is 4.68 Å². The highest BCUT2D eigenvalue weighted by molar-refractivity contribution is 5.31. The molecule has 1 N–H and O–H groups in total. The van der Waals surface area contributed by atoms with Gasteiger partial charge < -0.3 is 10.1 Å². The van der Waals surface area contributed by atoms with E-state index in [1.54, 1.807) is 6.07 Å². The van der Waals surface area contributed by atoms with Crippen LogP contribution >= 0.6 is 0 Å². The van der Waals surface area contributed by atoms with Crippen molar-refractivity contribution in [2.45, 2.75) is 25.9 Å². The van der Waals surface area contributed by atoms with Crippen LogP contribution in [-0.4, -0.2) is 23.9 Å². The van der Waals surface area contributed by atoms with Gasteiger partial charge in [0.25, 0.3) is 0 Å². The highest BCUT2D eigenvalue weighted by atomic mass is 19.1. The van der Waals surface area contributed by atoms with E-state index in [0.717, 1.165) is 24.1 Å². The number of ether oxygens (including phenoxy) is 1. The molecule has 0 bridgehead atoms. The third-order valence-corrected chi connectivity index (χ3v) is 3.38. The molecule has 108 valence electrons. The molecule has 0 aliphatic rings. The first-order valence-electron chi connectivity index (χ1n) is 6.70. The van der Waals surface area contributed by atoms with Crippen molar-refractivity contribution in [3.63, 3.8) is 0 Å². The number of hydrogen-bond acceptors (Lipinski definition) is 3. The maximum absolute atomic E-state index is 13.8. The van der Waals surface area contributed by atoms with Gasteiger partial charge in [-0.2, -0.15) is 5.10 Å². The summed E-state index contributed by atoms with van der Waals surface area (Å²) in [7, 11) is 3.34. The summed E-state index contributed by atoms with van der Waals surface area (Å²) in [6, 6.07) is 5.10. The Bertz CT molecular complexity index is 568. The Morgan fingerprint density at radius 1 is 1.45 bits per heavy atom. The molecule has 0 saturated carbocycles. The summed E-state index contributed by atoms with van der Waals surface area (Å²) >= 11 is 0. The van der Waals surface area contributed by atoms with Crippen LogP contribution in [-0.2, 0) is 13.0 Å². The lowest BCUT2D eigenvalue weighted by molar-refractivity contribution is 0.385. The first kappa shape index (κ1) is 14.5. The summed E-state index contributed by atoms with van der Waals surface area (Å²) in [5.41, 5.74) is 2.03. The Labute approximate surface area is 118 Å². The molecule has 1 aromatic carbocycles. The zero-order valence-corrected chi connectivity index (χ0v) is 12.1. The monoisotopic (exact) mass is 277 g/mol. The number of rotatable bonds is 6. The minimum absolute atomic E-state index is 0.0462. The van der Waals surface area contributed by atoms with Crippen molar-refractivity contribution >= 4 is 0 Å². The van der Waals surface area contributed by atoms with Crippen molar-refractivity contribution < 1.29 is 9.13 Å². The fourth-order valence-corrected chi connectivity index (χ4v) is 2.21. The molecule has 2 aromatic rings. The first-order valence-corrected chi connectivity index (χ1v) is 6.70.